The van der Waals surface area contributed by atoms with Crippen LogP contribution in [0.5, 0.6) is 5.75 Å². The van der Waals surface area contributed by atoms with Crippen LogP contribution in [0.25, 0.3) is 0 Å². The smallest absolute Gasteiger partial charge is 0.309 e. The molecule has 3 heterocycles. The molecule has 3 aliphatic rings. The monoisotopic (exact) mass is 329 g/mol. The van der Waals surface area contributed by atoms with Crippen LogP contribution in [0.3, 0.4) is 0 Å². The SMILES string of the molecule is Cc1nc2c(cc1O)C(=O)C1=C(C2=O)[C@H]2OC(=O)C[C@H]2OC1(C)C. The number of pyridine rings is 1. The first-order valence-corrected chi connectivity index (χ1v) is 7.62. The van der Waals surface area contributed by atoms with Gasteiger partial charge in [0.1, 0.15) is 17.5 Å². The molecule has 1 aromatic heterocycles. The molecule has 1 aromatic rings. The van der Waals surface area contributed by atoms with E-state index in [2.05, 4.69) is 4.98 Å². The third kappa shape index (κ3) is 1.81. The average molecular weight is 329 g/mol. The van der Waals surface area contributed by atoms with Crippen molar-refractivity contribution in [2.75, 3.05) is 0 Å². The first-order chi connectivity index (χ1) is 11.2. The zero-order valence-corrected chi connectivity index (χ0v) is 13.4. The number of aromatic hydroxyl groups is 1. The van der Waals surface area contributed by atoms with Crippen molar-refractivity contribution in [2.24, 2.45) is 0 Å². The Hall–Kier alpha value is -2.54. The predicted octanol–water partition coefficient (Wildman–Crippen LogP) is 1.26. The Bertz CT molecular complexity index is 866. The number of carbonyl (C=O) groups excluding carboxylic acids is 3. The summed E-state index contributed by atoms with van der Waals surface area (Å²) in [5, 5.41) is 9.85. The summed E-state index contributed by atoms with van der Waals surface area (Å²) in [6.07, 6.45) is -1.44. The topological polar surface area (TPSA) is 103 Å². The fourth-order valence-electron chi connectivity index (χ4n) is 3.63. The number of fused-ring (bicyclic) bond motifs is 3. The van der Waals surface area contributed by atoms with Gasteiger partial charge in [0.15, 0.2) is 11.9 Å². The number of aryl methyl sites for hydroxylation is 1. The highest BCUT2D eigenvalue weighted by Gasteiger charge is 2.54. The van der Waals surface area contributed by atoms with Crippen molar-refractivity contribution >= 4 is 17.5 Å². The van der Waals surface area contributed by atoms with Gasteiger partial charge in [-0.2, -0.15) is 0 Å². The van der Waals surface area contributed by atoms with Crippen molar-refractivity contribution in [1.82, 2.24) is 4.98 Å². The Morgan fingerprint density at radius 1 is 1.25 bits per heavy atom. The molecule has 2 atom stereocenters. The van der Waals surface area contributed by atoms with Crippen LogP contribution in [0, 0.1) is 6.92 Å². The van der Waals surface area contributed by atoms with Gasteiger partial charge in [0.25, 0.3) is 0 Å². The number of hydrogen-bond donors (Lipinski definition) is 1. The summed E-state index contributed by atoms with van der Waals surface area (Å²) in [6.45, 7) is 4.90. The van der Waals surface area contributed by atoms with E-state index in [1.54, 1.807) is 20.8 Å². The van der Waals surface area contributed by atoms with E-state index in [9.17, 15) is 19.5 Å². The maximum Gasteiger partial charge on any atom is 0.309 e. The second-order valence-corrected chi connectivity index (χ2v) is 6.72. The Kier molecular flexibility index (Phi) is 2.82. The summed E-state index contributed by atoms with van der Waals surface area (Å²) in [5.41, 5.74) is -0.451. The van der Waals surface area contributed by atoms with Crippen LogP contribution in [-0.4, -0.2) is 45.4 Å². The van der Waals surface area contributed by atoms with E-state index in [-0.39, 0.29) is 40.3 Å². The Morgan fingerprint density at radius 3 is 2.67 bits per heavy atom. The number of hydrogen-bond acceptors (Lipinski definition) is 7. The van der Waals surface area contributed by atoms with Crippen LogP contribution in [0.4, 0.5) is 0 Å². The van der Waals surface area contributed by atoms with Crippen LogP contribution in [-0.2, 0) is 14.3 Å². The molecule has 0 unspecified atom stereocenters. The lowest BCUT2D eigenvalue weighted by Gasteiger charge is -2.41. The zero-order valence-electron chi connectivity index (χ0n) is 13.4. The van der Waals surface area contributed by atoms with E-state index >= 15 is 0 Å². The molecule has 0 spiro atoms. The van der Waals surface area contributed by atoms with Gasteiger partial charge in [-0.05, 0) is 26.8 Å². The van der Waals surface area contributed by atoms with Gasteiger partial charge in [0.05, 0.1) is 28.9 Å². The van der Waals surface area contributed by atoms with E-state index in [1.807, 2.05) is 0 Å². The summed E-state index contributed by atoms with van der Waals surface area (Å²) in [7, 11) is 0. The Labute approximate surface area is 137 Å². The van der Waals surface area contributed by atoms with Crippen LogP contribution in [0.1, 0.15) is 46.8 Å². The number of ketones is 2. The second-order valence-electron chi connectivity index (χ2n) is 6.72. The third-order valence-electron chi connectivity index (χ3n) is 4.68. The molecule has 124 valence electrons. The predicted molar refractivity (Wildman–Crippen MR) is 79.8 cm³/mol. The van der Waals surface area contributed by atoms with E-state index in [1.165, 1.54) is 6.07 Å². The maximum atomic E-state index is 13.0. The minimum absolute atomic E-state index is 0.0200. The molecule has 0 bridgehead atoms. The lowest BCUT2D eigenvalue weighted by molar-refractivity contribution is -0.141. The number of rotatable bonds is 0. The molecule has 0 radical (unpaired) electrons. The molecule has 7 nitrogen and oxygen atoms in total. The van der Waals surface area contributed by atoms with Crippen molar-refractivity contribution in [3.63, 3.8) is 0 Å². The molecule has 7 heteroatoms. The van der Waals surface area contributed by atoms with Gasteiger partial charge in [-0.15, -0.1) is 0 Å². The second kappa shape index (κ2) is 4.51. The summed E-state index contributed by atoms with van der Waals surface area (Å²) in [5.74, 6) is -1.51. The van der Waals surface area contributed by atoms with E-state index in [0.29, 0.717) is 0 Å². The minimum Gasteiger partial charge on any atom is -0.506 e. The van der Waals surface area contributed by atoms with E-state index in [4.69, 9.17) is 9.47 Å². The normalized spacial score (nSPS) is 27.5. The van der Waals surface area contributed by atoms with Crippen molar-refractivity contribution < 1.29 is 29.0 Å². The summed E-state index contributed by atoms with van der Waals surface area (Å²) >= 11 is 0. The number of nitrogens with zero attached hydrogens (tertiary/aromatic N) is 1. The highest BCUT2D eigenvalue weighted by Crippen LogP contribution is 2.45. The standard InChI is InChI=1S/C17H15NO6/c1-6-8(19)4-7-13(18-6)15(22)11-12(14(7)21)17(2,3)24-9-5-10(20)23-16(9)11/h4,9,16,19H,5H2,1-3H3/t9-,16+/m1/s1. The fourth-order valence-corrected chi connectivity index (χ4v) is 3.63. The number of carbonyl (C=O) groups is 3. The first-order valence-electron chi connectivity index (χ1n) is 7.62. The Morgan fingerprint density at radius 2 is 1.96 bits per heavy atom. The Balaban J connectivity index is 1.98. The first kappa shape index (κ1) is 15.0. The van der Waals surface area contributed by atoms with Gasteiger partial charge in [-0.25, -0.2) is 4.98 Å². The molecule has 0 aromatic carbocycles. The van der Waals surface area contributed by atoms with Crippen molar-refractivity contribution in [2.45, 2.75) is 45.0 Å². The molecule has 24 heavy (non-hydrogen) atoms. The highest BCUT2D eigenvalue weighted by molar-refractivity contribution is 6.27. The lowest BCUT2D eigenvalue weighted by Crippen LogP contribution is -2.50. The largest absolute Gasteiger partial charge is 0.506 e. The van der Waals surface area contributed by atoms with E-state index in [0.717, 1.165) is 0 Å². The van der Waals surface area contributed by atoms with Gasteiger partial charge in [-0.1, -0.05) is 0 Å². The lowest BCUT2D eigenvalue weighted by atomic mass is 9.74. The van der Waals surface area contributed by atoms with Crippen LogP contribution >= 0.6 is 0 Å². The summed E-state index contributed by atoms with van der Waals surface area (Å²) in [4.78, 5) is 41.7. The highest BCUT2D eigenvalue weighted by atomic mass is 16.6. The molecule has 1 saturated heterocycles. The van der Waals surface area contributed by atoms with Crippen molar-refractivity contribution in [1.29, 1.82) is 0 Å². The quantitative estimate of drug-likeness (QED) is 0.715. The van der Waals surface area contributed by atoms with E-state index < -0.39 is 35.3 Å². The summed E-state index contributed by atoms with van der Waals surface area (Å²) in [6, 6.07) is 1.25. The van der Waals surface area contributed by atoms with Crippen LogP contribution in [0.2, 0.25) is 0 Å². The minimum atomic E-state index is -1.05. The average Bonchev–Trinajstić information content (AvgIpc) is 2.84. The molecular formula is C17H15NO6. The number of ether oxygens (including phenoxy) is 2. The van der Waals surface area contributed by atoms with Gasteiger partial charge in [-0.3, -0.25) is 14.4 Å². The fraction of sp³-hybridized carbons (Fsp3) is 0.412. The molecule has 0 amide bonds. The number of aromatic nitrogens is 1. The molecule has 1 fully saturated rings. The zero-order chi connectivity index (χ0) is 17.4. The van der Waals surface area contributed by atoms with Gasteiger partial charge >= 0.3 is 5.97 Å². The number of esters is 1. The van der Waals surface area contributed by atoms with Crippen LogP contribution in [0.15, 0.2) is 17.2 Å². The molecule has 1 N–H and O–H groups in total. The molecule has 1 aliphatic carbocycles. The summed E-state index contributed by atoms with van der Waals surface area (Å²) < 4.78 is 11.1. The maximum absolute atomic E-state index is 13.0. The molecule has 4 rings (SSSR count). The molecule has 0 saturated carbocycles. The van der Waals surface area contributed by atoms with Gasteiger partial charge in [0.2, 0.25) is 5.78 Å². The van der Waals surface area contributed by atoms with Gasteiger partial charge in [0, 0.05) is 5.57 Å². The van der Waals surface area contributed by atoms with Crippen molar-refractivity contribution in [3.05, 3.63) is 34.2 Å². The molecule has 2 aliphatic heterocycles. The van der Waals surface area contributed by atoms with Crippen molar-refractivity contribution in [3.8, 4) is 5.75 Å². The molecular weight excluding hydrogens is 314 g/mol. The third-order valence-corrected chi connectivity index (χ3v) is 4.68. The van der Waals surface area contributed by atoms with Gasteiger partial charge < -0.3 is 14.6 Å². The van der Waals surface area contributed by atoms with Crippen LogP contribution < -0.4 is 0 Å². The number of Topliss-reactive ketones (excluding diaryl/α,β-unsaturated/α-hetero) is 2.